The lowest BCUT2D eigenvalue weighted by atomic mass is 10.1. The number of carbonyl (C=O) groups is 3. The number of likely N-dealkylation sites (tertiary alicyclic amines) is 1. The Morgan fingerprint density at radius 3 is 2.73 bits per heavy atom. The van der Waals surface area contributed by atoms with E-state index in [1.165, 1.54) is 15.4 Å². The number of fused-ring (bicyclic) bond motifs is 2. The Hall–Kier alpha value is -3.97. The van der Waals surface area contributed by atoms with E-state index < -0.39 is 40.1 Å². The van der Waals surface area contributed by atoms with Crippen molar-refractivity contribution in [1.82, 2.24) is 19.5 Å². The number of nitrogens with one attached hydrogen (secondary N) is 1. The number of pyridine rings is 1. The number of aromatic nitrogens is 1. The highest BCUT2D eigenvalue weighted by Crippen LogP contribution is 2.37. The van der Waals surface area contributed by atoms with Crippen LogP contribution in [0.15, 0.2) is 53.1 Å². The molecular formula is C28H30N4O8S. The van der Waals surface area contributed by atoms with Crippen LogP contribution in [0.4, 0.5) is 4.79 Å². The number of Topliss-reactive ketones (excluding diaryl/α,β-unsaturated/α-hetero) is 1. The molecule has 216 valence electrons. The first-order chi connectivity index (χ1) is 19.7. The molecule has 3 unspecified atom stereocenters. The fourth-order valence-corrected chi connectivity index (χ4v) is 7.35. The number of rotatable bonds is 9. The minimum Gasteiger partial charge on any atom is -0.497 e. The summed E-state index contributed by atoms with van der Waals surface area (Å²) in [6, 6.07) is 9.25. The Kier molecular flexibility index (Phi) is 7.16. The van der Waals surface area contributed by atoms with Gasteiger partial charge in [0, 0.05) is 24.2 Å². The zero-order valence-electron chi connectivity index (χ0n) is 22.4. The van der Waals surface area contributed by atoms with Gasteiger partial charge in [-0.2, -0.15) is 4.31 Å². The number of furan rings is 1. The highest BCUT2D eigenvalue weighted by Gasteiger charge is 2.54. The largest absolute Gasteiger partial charge is 0.497 e. The van der Waals surface area contributed by atoms with Crippen molar-refractivity contribution in [2.24, 2.45) is 5.92 Å². The smallest absolute Gasteiger partial charge is 0.415 e. The monoisotopic (exact) mass is 582 g/mol. The molecule has 3 aromatic rings. The van der Waals surface area contributed by atoms with Crippen LogP contribution in [0.5, 0.6) is 11.7 Å². The van der Waals surface area contributed by atoms with Crippen LogP contribution in [0.2, 0.25) is 0 Å². The molecule has 2 saturated heterocycles. The molecule has 6 rings (SSSR count). The van der Waals surface area contributed by atoms with Crippen molar-refractivity contribution in [2.45, 2.75) is 49.6 Å². The van der Waals surface area contributed by atoms with E-state index in [2.05, 4.69) is 10.3 Å². The summed E-state index contributed by atoms with van der Waals surface area (Å²) in [4.78, 5) is 45.2. The lowest BCUT2D eigenvalue weighted by Crippen LogP contribution is -2.53. The number of nitrogens with zero attached hydrogens (tertiary/aromatic N) is 3. The average Bonchev–Trinajstić information content (AvgIpc) is 3.36. The zero-order valence-corrected chi connectivity index (χ0v) is 23.2. The van der Waals surface area contributed by atoms with E-state index in [9.17, 15) is 22.8 Å². The average molecular weight is 583 g/mol. The molecule has 2 aliphatic heterocycles. The molecule has 1 aromatic carbocycles. The minimum atomic E-state index is -3.84. The van der Waals surface area contributed by atoms with Crippen LogP contribution in [0, 0.1) is 5.92 Å². The van der Waals surface area contributed by atoms with Gasteiger partial charge in [-0.15, -0.1) is 0 Å². The van der Waals surface area contributed by atoms with E-state index in [4.69, 9.17) is 13.9 Å². The van der Waals surface area contributed by atoms with Gasteiger partial charge in [-0.3, -0.25) is 14.6 Å². The number of hydrogen-bond acceptors (Lipinski definition) is 9. The molecule has 0 spiro atoms. The van der Waals surface area contributed by atoms with Gasteiger partial charge in [0.05, 0.1) is 25.4 Å². The number of amides is 2. The Morgan fingerprint density at radius 1 is 1.17 bits per heavy atom. The molecule has 13 heteroatoms. The molecule has 0 bridgehead atoms. The van der Waals surface area contributed by atoms with E-state index in [-0.39, 0.29) is 36.5 Å². The van der Waals surface area contributed by atoms with Crippen molar-refractivity contribution < 1.29 is 36.7 Å². The van der Waals surface area contributed by atoms with Crippen molar-refractivity contribution in [3.05, 3.63) is 54.4 Å². The second-order valence-corrected chi connectivity index (χ2v) is 12.6. The van der Waals surface area contributed by atoms with Crippen LogP contribution < -0.4 is 14.8 Å². The van der Waals surface area contributed by atoms with Gasteiger partial charge in [0.2, 0.25) is 15.9 Å². The normalized spacial score (nSPS) is 21.6. The van der Waals surface area contributed by atoms with E-state index >= 15 is 0 Å². The standard InChI is InChI=1S/C28H30N4O8S/c1-38-20-7-8-24-18(13-20)14-25(39-24)40-28(35)30-21(12-17-5-6-17)27(34)31-11-9-22-26(31)23(33)15-32(22)41(36,37)16-19-4-2-3-10-29-19/h2-4,7-8,10,13-14,17,21-22,26H,5-6,9,11-12,15-16H2,1H3,(H,30,35). The summed E-state index contributed by atoms with van der Waals surface area (Å²) in [6.45, 7) is -0.0906. The van der Waals surface area contributed by atoms with Crippen LogP contribution in [0.3, 0.4) is 0 Å². The third-order valence-corrected chi connectivity index (χ3v) is 9.60. The van der Waals surface area contributed by atoms with Gasteiger partial charge in [0.25, 0.3) is 5.95 Å². The van der Waals surface area contributed by atoms with Gasteiger partial charge in [-0.1, -0.05) is 18.9 Å². The maximum Gasteiger partial charge on any atom is 0.415 e. The molecular weight excluding hydrogens is 552 g/mol. The highest BCUT2D eigenvalue weighted by atomic mass is 32.2. The minimum absolute atomic E-state index is 0.0377. The Balaban J connectivity index is 1.15. The second kappa shape index (κ2) is 10.8. The predicted octanol–water partition coefficient (Wildman–Crippen LogP) is 2.48. The number of ether oxygens (including phenoxy) is 2. The van der Waals surface area contributed by atoms with E-state index in [0.717, 1.165) is 12.8 Å². The van der Waals surface area contributed by atoms with E-state index in [0.29, 0.717) is 35.3 Å². The van der Waals surface area contributed by atoms with Crippen LogP contribution in [-0.4, -0.2) is 78.7 Å². The number of ketones is 1. The number of sulfonamides is 1. The van der Waals surface area contributed by atoms with Crippen LogP contribution in [0.25, 0.3) is 11.0 Å². The molecule has 3 atom stereocenters. The highest BCUT2D eigenvalue weighted by molar-refractivity contribution is 7.88. The van der Waals surface area contributed by atoms with Crippen molar-refractivity contribution in [3.63, 3.8) is 0 Å². The van der Waals surface area contributed by atoms with Gasteiger partial charge in [-0.05, 0) is 49.1 Å². The van der Waals surface area contributed by atoms with Crippen molar-refractivity contribution >= 4 is 38.8 Å². The Labute approximate surface area is 236 Å². The molecule has 2 amide bonds. The zero-order chi connectivity index (χ0) is 28.7. The lowest BCUT2D eigenvalue weighted by molar-refractivity contribution is -0.138. The molecule has 1 aliphatic carbocycles. The molecule has 1 N–H and O–H groups in total. The second-order valence-electron chi connectivity index (χ2n) is 10.7. The third kappa shape index (κ3) is 5.64. The molecule has 4 heterocycles. The quantitative estimate of drug-likeness (QED) is 0.402. The van der Waals surface area contributed by atoms with Crippen LogP contribution in [-0.2, 0) is 25.4 Å². The molecule has 3 aliphatic rings. The first-order valence-corrected chi connectivity index (χ1v) is 15.1. The predicted molar refractivity (Wildman–Crippen MR) is 146 cm³/mol. The van der Waals surface area contributed by atoms with E-state index in [1.807, 2.05) is 0 Å². The third-order valence-electron chi connectivity index (χ3n) is 7.82. The number of hydrogen-bond donors (Lipinski definition) is 1. The molecule has 12 nitrogen and oxygen atoms in total. The summed E-state index contributed by atoms with van der Waals surface area (Å²) in [5.74, 6) is -0.230. The summed E-state index contributed by atoms with van der Waals surface area (Å²) >= 11 is 0. The maximum atomic E-state index is 13.7. The fraction of sp³-hybridized carbons (Fsp3) is 0.429. The van der Waals surface area contributed by atoms with Crippen LogP contribution >= 0.6 is 0 Å². The first-order valence-electron chi connectivity index (χ1n) is 13.5. The summed E-state index contributed by atoms with van der Waals surface area (Å²) in [5, 5.41) is 3.34. The summed E-state index contributed by atoms with van der Waals surface area (Å²) in [7, 11) is -2.30. The summed E-state index contributed by atoms with van der Waals surface area (Å²) in [6.07, 6.45) is 3.26. The number of benzene rings is 1. The lowest BCUT2D eigenvalue weighted by Gasteiger charge is -2.28. The SMILES string of the molecule is COc1ccc2oc(OC(=O)NC(CC3CC3)C(=O)N3CCC4C3C(=O)CN4S(=O)(=O)Cc3ccccn3)cc2c1. The molecule has 2 aromatic heterocycles. The molecule has 41 heavy (non-hydrogen) atoms. The van der Waals surface area contributed by atoms with Crippen molar-refractivity contribution in [2.75, 3.05) is 20.2 Å². The Morgan fingerprint density at radius 2 is 2.00 bits per heavy atom. The van der Waals surface area contributed by atoms with Crippen molar-refractivity contribution in [1.29, 1.82) is 0 Å². The van der Waals surface area contributed by atoms with Gasteiger partial charge >= 0.3 is 6.09 Å². The maximum absolute atomic E-state index is 13.7. The van der Waals surface area contributed by atoms with Crippen LogP contribution in [0.1, 0.15) is 31.4 Å². The topological polar surface area (TPSA) is 148 Å². The fourth-order valence-electron chi connectivity index (χ4n) is 5.68. The van der Waals surface area contributed by atoms with E-state index in [1.54, 1.807) is 49.6 Å². The number of carbonyl (C=O) groups excluding carboxylic acids is 3. The van der Waals surface area contributed by atoms with Gasteiger partial charge in [0.15, 0.2) is 5.78 Å². The van der Waals surface area contributed by atoms with Crippen molar-refractivity contribution in [3.8, 4) is 11.7 Å². The number of methoxy groups -OCH3 is 1. The van der Waals surface area contributed by atoms with Gasteiger partial charge < -0.3 is 24.1 Å². The molecule has 3 fully saturated rings. The molecule has 0 radical (unpaired) electrons. The molecule has 1 saturated carbocycles. The first kappa shape index (κ1) is 27.2. The summed E-state index contributed by atoms with van der Waals surface area (Å²) in [5.41, 5.74) is 0.884. The Bertz CT molecular complexity index is 1590. The summed E-state index contributed by atoms with van der Waals surface area (Å²) < 4.78 is 43.8. The van der Waals surface area contributed by atoms with Gasteiger partial charge in [0.1, 0.15) is 29.2 Å². The van der Waals surface area contributed by atoms with Gasteiger partial charge in [-0.25, -0.2) is 13.2 Å².